The lowest BCUT2D eigenvalue weighted by Gasteiger charge is -2.26. The van der Waals surface area contributed by atoms with E-state index in [2.05, 4.69) is 53.6 Å². The molecular formula is C20H28N4O. The third kappa shape index (κ3) is 3.13. The maximum absolute atomic E-state index is 12.6. The molecule has 2 aromatic rings. The summed E-state index contributed by atoms with van der Waals surface area (Å²) in [6.07, 6.45) is 6.54. The summed E-state index contributed by atoms with van der Waals surface area (Å²) in [4.78, 5) is 20.4. The number of fused-ring (bicyclic) bond motifs is 3. The van der Waals surface area contributed by atoms with Gasteiger partial charge in [0.05, 0.1) is 0 Å². The van der Waals surface area contributed by atoms with Crippen LogP contribution in [0.2, 0.25) is 0 Å². The van der Waals surface area contributed by atoms with Gasteiger partial charge in [-0.3, -0.25) is 4.90 Å². The van der Waals surface area contributed by atoms with Gasteiger partial charge in [-0.25, -0.2) is 4.79 Å². The summed E-state index contributed by atoms with van der Waals surface area (Å²) in [6.45, 7) is 4.57. The number of hydrogen-bond acceptors (Lipinski definition) is 2. The van der Waals surface area contributed by atoms with Gasteiger partial charge in [0.25, 0.3) is 0 Å². The Balaban J connectivity index is 1.34. The summed E-state index contributed by atoms with van der Waals surface area (Å²) in [7, 11) is 2.21. The number of rotatable bonds is 3. The van der Waals surface area contributed by atoms with E-state index >= 15 is 0 Å². The van der Waals surface area contributed by atoms with E-state index < -0.39 is 0 Å². The normalized spacial score (nSPS) is 23.8. The molecule has 2 fully saturated rings. The minimum Gasteiger partial charge on any atom is -0.361 e. The van der Waals surface area contributed by atoms with Gasteiger partial charge in [-0.2, -0.15) is 0 Å². The molecule has 0 radical (unpaired) electrons. The second-order valence-electron chi connectivity index (χ2n) is 7.58. The molecule has 2 N–H and O–H groups in total. The summed E-state index contributed by atoms with van der Waals surface area (Å²) < 4.78 is 0. The molecule has 2 aliphatic rings. The number of aromatic amines is 1. The van der Waals surface area contributed by atoms with E-state index in [1.165, 1.54) is 34.9 Å². The fraction of sp³-hybridized carbons (Fsp3) is 0.550. The van der Waals surface area contributed by atoms with Crippen LogP contribution in [0.3, 0.4) is 0 Å². The molecule has 2 atom stereocenters. The first kappa shape index (κ1) is 16.5. The number of likely N-dealkylation sites (N-methyl/N-ethyl adjacent to an activating group) is 1. The van der Waals surface area contributed by atoms with Crippen LogP contribution in [0.4, 0.5) is 4.79 Å². The molecule has 2 aliphatic heterocycles. The largest absolute Gasteiger partial charge is 0.361 e. The fourth-order valence-electron chi connectivity index (χ4n) is 4.56. The smallest absolute Gasteiger partial charge is 0.317 e. The number of hydrogen-bond donors (Lipinski definition) is 2. The van der Waals surface area contributed by atoms with E-state index in [0.717, 1.165) is 25.9 Å². The summed E-state index contributed by atoms with van der Waals surface area (Å²) in [5.41, 5.74) is 3.74. The molecule has 1 aromatic heterocycles. The topological polar surface area (TPSA) is 51.4 Å². The molecule has 5 nitrogen and oxygen atoms in total. The van der Waals surface area contributed by atoms with Crippen LogP contribution in [0.25, 0.3) is 10.9 Å². The molecule has 25 heavy (non-hydrogen) atoms. The second-order valence-corrected chi connectivity index (χ2v) is 7.58. The molecule has 2 bridgehead atoms. The average molecular weight is 340 g/mol. The number of aryl methyl sites for hydroxylation is 1. The van der Waals surface area contributed by atoms with Crippen molar-refractivity contribution in [3.63, 3.8) is 0 Å². The first-order valence-electron chi connectivity index (χ1n) is 9.44. The lowest BCUT2D eigenvalue weighted by molar-refractivity contribution is 0.188. The highest BCUT2D eigenvalue weighted by Crippen LogP contribution is 2.28. The lowest BCUT2D eigenvalue weighted by atomic mass is 10.1. The predicted molar refractivity (Wildman–Crippen MR) is 101 cm³/mol. The molecule has 4 rings (SSSR count). The van der Waals surface area contributed by atoms with Crippen molar-refractivity contribution in [1.29, 1.82) is 0 Å². The van der Waals surface area contributed by atoms with Crippen LogP contribution in [0.1, 0.15) is 30.4 Å². The maximum atomic E-state index is 12.6. The van der Waals surface area contributed by atoms with Gasteiger partial charge in [-0.05, 0) is 56.8 Å². The number of carbonyl (C=O) groups excluding carboxylic acids is 1. The van der Waals surface area contributed by atoms with Crippen LogP contribution in [0, 0.1) is 6.92 Å². The molecule has 1 aromatic carbocycles. The third-order valence-electron chi connectivity index (χ3n) is 6.10. The number of nitrogens with zero attached hydrogens (tertiary/aromatic N) is 2. The average Bonchev–Trinajstić information content (AvgIpc) is 3.09. The summed E-state index contributed by atoms with van der Waals surface area (Å²) >= 11 is 0. The zero-order valence-electron chi connectivity index (χ0n) is 15.2. The highest BCUT2D eigenvalue weighted by Gasteiger charge is 2.35. The summed E-state index contributed by atoms with van der Waals surface area (Å²) in [5, 5.41) is 4.43. The van der Waals surface area contributed by atoms with Gasteiger partial charge >= 0.3 is 6.03 Å². The van der Waals surface area contributed by atoms with Gasteiger partial charge in [-0.15, -0.1) is 0 Å². The van der Waals surface area contributed by atoms with Crippen LogP contribution in [0.15, 0.2) is 24.4 Å². The van der Waals surface area contributed by atoms with Gasteiger partial charge in [0.15, 0.2) is 0 Å². The third-order valence-corrected chi connectivity index (χ3v) is 6.10. The standard InChI is InChI=1S/C20H28N4O/c1-14-4-3-5-18-19(14)15(12-22-18)8-10-21-20(25)24-11-9-16-6-7-17(13-24)23(16)2/h3-5,12,16-17,22H,6-11,13H2,1-2H3,(H,21,25). The van der Waals surface area contributed by atoms with E-state index in [0.29, 0.717) is 18.6 Å². The Morgan fingerprint density at radius 3 is 3.00 bits per heavy atom. The Hall–Kier alpha value is -2.01. The number of amides is 2. The zero-order valence-corrected chi connectivity index (χ0v) is 15.2. The van der Waals surface area contributed by atoms with Crippen molar-refractivity contribution in [3.8, 4) is 0 Å². The van der Waals surface area contributed by atoms with Crippen LogP contribution >= 0.6 is 0 Å². The van der Waals surface area contributed by atoms with Crippen molar-refractivity contribution in [2.45, 2.75) is 44.7 Å². The summed E-state index contributed by atoms with van der Waals surface area (Å²) in [5.74, 6) is 0. The monoisotopic (exact) mass is 340 g/mol. The Bertz CT molecular complexity index is 768. The predicted octanol–water partition coefficient (Wildman–Crippen LogP) is 2.90. The Kier molecular flexibility index (Phi) is 4.42. The van der Waals surface area contributed by atoms with Crippen molar-refractivity contribution >= 4 is 16.9 Å². The van der Waals surface area contributed by atoms with Crippen LogP contribution in [-0.4, -0.2) is 59.6 Å². The zero-order chi connectivity index (χ0) is 17.4. The minimum absolute atomic E-state index is 0.0949. The Labute approximate surface area is 149 Å². The van der Waals surface area contributed by atoms with E-state index in [9.17, 15) is 4.79 Å². The van der Waals surface area contributed by atoms with Gasteiger partial charge < -0.3 is 15.2 Å². The number of nitrogens with one attached hydrogen (secondary N) is 2. The van der Waals surface area contributed by atoms with Gasteiger partial charge in [0.2, 0.25) is 0 Å². The van der Waals surface area contributed by atoms with Gasteiger partial charge in [-0.1, -0.05) is 12.1 Å². The fourth-order valence-corrected chi connectivity index (χ4v) is 4.56. The molecule has 2 saturated heterocycles. The van der Waals surface area contributed by atoms with Crippen LogP contribution in [0.5, 0.6) is 0 Å². The highest BCUT2D eigenvalue weighted by molar-refractivity contribution is 5.86. The molecule has 5 heteroatoms. The second kappa shape index (κ2) is 6.71. The van der Waals surface area contributed by atoms with Gasteiger partial charge in [0.1, 0.15) is 0 Å². The van der Waals surface area contributed by atoms with E-state index in [1.807, 2.05) is 4.90 Å². The number of H-pyrrole nitrogens is 1. The number of benzene rings is 1. The number of carbonyl (C=O) groups is 1. The van der Waals surface area contributed by atoms with Crippen molar-refractivity contribution in [2.24, 2.45) is 0 Å². The van der Waals surface area contributed by atoms with E-state index in [1.54, 1.807) is 0 Å². The molecular weight excluding hydrogens is 312 g/mol. The van der Waals surface area contributed by atoms with Crippen molar-refractivity contribution in [1.82, 2.24) is 20.1 Å². The molecule has 3 heterocycles. The number of urea groups is 1. The van der Waals surface area contributed by atoms with Crippen molar-refractivity contribution < 1.29 is 4.79 Å². The molecule has 2 amide bonds. The van der Waals surface area contributed by atoms with E-state index in [-0.39, 0.29) is 6.03 Å². The quantitative estimate of drug-likeness (QED) is 0.903. The van der Waals surface area contributed by atoms with Crippen molar-refractivity contribution in [3.05, 3.63) is 35.5 Å². The van der Waals surface area contributed by atoms with E-state index in [4.69, 9.17) is 0 Å². The molecule has 0 aliphatic carbocycles. The number of likely N-dealkylation sites (tertiary alicyclic amines) is 1. The lowest BCUT2D eigenvalue weighted by Crippen LogP contribution is -2.45. The maximum Gasteiger partial charge on any atom is 0.317 e. The first-order chi connectivity index (χ1) is 12.1. The molecule has 0 saturated carbocycles. The highest BCUT2D eigenvalue weighted by atomic mass is 16.2. The molecule has 2 unspecified atom stereocenters. The SMILES string of the molecule is Cc1cccc2[nH]cc(CCNC(=O)N3CCC4CCC(C3)N4C)c12. The molecule has 134 valence electrons. The molecule has 0 spiro atoms. The van der Waals surface area contributed by atoms with Crippen LogP contribution < -0.4 is 5.32 Å². The van der Waals surface area contributed by atoms with Gasteiger partial charge in [0, 0.05) is 48.8 Å². The Morgan fingerprint density at radius 2 is 2.12 bits per heavy atom. The Morgan fingerprint density at radius 1 is 1.28 bits per heavy atom. The van der Waals surface area contributed by atoms with Crippen LogP contribution in [-0.2, 0) is 6.42 Å². The number of aromatic nitrogens is 1. The first-order valence-corrected chi connectivity index (χ1v) is 9.44. The minimum atomic E-state index is 0.0949. The summed E-state index contributed by atoms with van der Waals surface area (Å²) in [6, 6.07) is 7.61. The van der Waals surface area contributed by atoms with Crippen molar-refractivity contribution in [2.75, 3.05) is 26.7 Å².